The van der Waals surface area contributed by atoms with Crippen molar-refractivity contribution < 1.29 is 0 Å². The van der Waals surface area contributed by atoms with E-state index in [-0.39, 0.29) is 0 Å². The summed E-state index contributed by atoms with van der Waals surface area (Å²) in [5.74, 6) is 0.766. The zero-order chi connectivity index (χ0) is 10.4. The van der Waals surface area contributed by atoms with Crippen molar-refractivity contribution >= 4 is 12.6 Å². The molecule has 0 saturated heterocycles. The maximum absolute atomic E-state index is 3.93. The maximum Gasteiger partial charge on any atom is 0.119 e. The maximum atomic E-state index is 3.93. The molecule has 0 bridgehead atoms. The Kier molecular flexibility index (Phi) is 32.6. The summed E-state index contributed by atoms with van der Waals surface area (Å²) in [6.45, 7) is 16.1. The quantitative estimate of drug-likeness (QED) is 0.427. The van der Waals surface area contributed by atoms with E-state index in [1.54, 1.807) is 0 Å². The van der Waals surface area contributed by atoms with Gasteiger partial charge in [0.15, 0.2) is 0 Å². The molecule has 0 aliphatic carbocycles. The standard InChI is InChI=1S/C5H10N2.C3H8.C2H6/c1-4-7-5(2)6-3;1-3-2;1-2/h3-4H2,1-2H3;3H2,1-2H3;1-2H3. The number of aliphatic imine (C=N–C) groups is 2. The van der Waals surface area contributed by atoms with Crippen LogP contribution in [0.1, 0.15) is 48.0 Å². The van der Waals surface area contributed by atoms with E-state index in [0.29, 0.717) is 0 Å². The van der Waals surface area contributed by atoms with E-state index in [0.717, 1.165) is 12.4 Å². The fraction of sp³-hybridized carbons (Fsp3) is 0.800. The molecule has 0 atom stereocenters. The average Bonchev–Trinajstić information content (AvgIpc) is 2.10. The molecule has 74 valence electrons. The fourth-order valence-corrected chi connectivity index (χ4v) is 0.279. The van der Waals surface area contributed by atoms with Gasteiger partial charge in [-0.2, -0.15) is 0 Å². The molecule has 0 aromatic rings. The van der Waals surface area contributed by atoms with Gasteiger partial charge in [-0.3, -0.25) is 4.99 Å². The summed E-state index contributed by atoms with van der Waals surface area (Å²) in [7, 11) is 0. The molecule has 0 spiro atoms. The van der Waals surface area contributed by atoms with Gasteiger partial charge in [-0.15, -0.1) is 0 Å². The molecule has 0 rings (SSSR count). The zero-order valence-electron chi connectivity index (χ0n) is 9.52. The second-order valence-electron chi connectivity index (χ2n) is 1.89. The number of nitrogens with zero attached hydrogens (tertiary/aromatic N) is 2. The summed E-state index contributed by atoms with van der Waals surface area (Å²) < 4.78 is 0. The Balaban J connectivity index is -0.000000137. The van der Waals surface area contributed by atoms with Crippen molar-refractivity contribution in [2.75, 3.05) is 6.54 Å². The van der Waals surface area contributed by atoms with Crippen molar-refractivity contribution in [1.82, 2.24) is 0 Å². The zero-order valence-corrected chi connectivity index (χ0v) is 9.52. The molecule has 0 amide bonds. The minimum Gasteiger partial charge on any atom is -0.271 e. The lowest BCUT2D eigenvalue weighted by Gasteiger charge is -1.83. The van der Waals surface area contributed by atoms with Gasteiger partial charge in [0.25, 0.3) is 0 Å². The Labute approximate surface area is 77.8 Å². The lowest BCUT2D eigenvalue weighted by Crippen LogP contribution is -1.83. The first-order chi connectivity index (χ1) is 5.72. The van der Waals surface area contributed by atoms with Crippen molar-refractivity contribution in [2.45, 2.75) is 48.0 Å². The summed E-state index contributed by atoms with van der Waals surface area (Å²) in [5, 5.41) is 0. The van der Waals surface area contributed by atoms with Crippen molar-refractivity contribution in [1.29, 1.82) is 0 Å². The van der Waals surface area contributed by atoms with Crippen molar-refractivity contribution in [2.24, 2.45) is 9.98 Å². The van der Waals surface area contributed by atoms with Crippen LogP contribution in [0.15, 0.2) is 9.98 Å². The molecule has 0 fully saturated rings. The highest BCUT2D eigenvalue weighted by molar-refractivity contribution is 5.83. The Bertz CT molecular complexity index is 96.0. The monoisotopic (exact) mass is 172 g/mol. The van der Waals surface area contributed by atoms with Gasteiger partial charge >= 0.3 is 0 Å². The molecule has 12 heavy (non-hydrogen) atoms. The third-order valence-electron chi connectivity index (χ3n) is 0.616. The summed E-state index contributed by atoms with van der Waals surface area (Å²) >= 11 is 0. The van der Waals surface area contributed by atoms with Crippen molar-refractivity contribution in [3.63, 3.8) is 0 Å². The van der Waals surface area contributed by atoms with Crippen molar-refractivity contribution in [3.05, 3.63) is 0 Å². The first-order valence-electron chi connectivity index (χ1n) is 4.70. The van der Waals surface area contributed by atoms with Gasteiger partial charge in [-0.05, 0) is 20.6 Å². The predicted molar refractivity (Wildman–Crippen MR) is 60.5 cm³/mol. The molecule has 0 radical (unpaired) electrons. The average molecular weight is 172 g/mol. The van der Waals surface area contributed by atoms with E-state index in [4.69, 9.17) is 0 Å². The number of hydrogen-bond donors (Lipinski definition) is 0. The van der Waals surface area contributed by atoms with Crippen molar-refractivity contribution in [3.8, 4) is 0 Å². The third kappa shape index (κ3) is 34.5. The Morgan fingerprint density at radius 1 is 1.17 bits per heavy atom. The fourth-order valence-electron chi connectivity index (χ4n) is 0.279. The number of rotatable bonds is 1. The van der Waals surface area contributed by atoms with E-state index >= 15 is 0 Å². The smallest absolute Gasteiger partial charge is 0.119 e. The summed E-state index contributed by atoms with van der Waals surface area (Å²) in [6, 6.07) is 0. The molecule has 0 aromatic carbocycles. The normalized spacial score (nSPS) is 8.67. The number of amidine groups is 1. The van der Waals surface area contributed by atoms with Crippen LogP contribution in [0.4, 0.5) is 0 Å². The van der Waals surface area contributed by atoms with Crippen LogP contribution < -0.4 is 0 Å². The first-order valence-corrected chi connectivity index (χ1v) is 4.70. The van der Waals surface area contributed by atoms with Crippen LogP contribution in [0.2, 0.25) is 0 Å². The van der Waals surface area contributed by atoms with Gasteiger partial charge in [0, 0.05) is 6.54 Å². The summed E-state index contributed by atoms with van der Waals surface area (Å²) in [6.07, 6.45) is 1.25. The van der Waals surface area contributed by atoms with Crippen LogP contribution in [0, 0.1) is 0 Å². The van der Waals surface area contributed by atoms with Crippen LogP contribution in [0.3, 0.4) is 0 Å². The van der Waals surface area contributed by atoms with Gasteiger partial charge in [-0.1, -0.05) is 34.1 Å². The molecule has 2 nitrogen and oxygen atoms in total. The van der Waals surface area contributed by atoms with Crippen LogP contribution >= 0.6 is 0 Å². The second-order valence-corrected chi connectivity index (χ2v) is 1.89. The Morgan fingerprint density at radius 3 is 1.58 bits per heavy atom. The van der Waals surface area contributed by atoms with Crippen LogP contribution in [-0.4, -0.2) is 19.1 Å². The highest BCUT2D eigenvalue weighted by atomic mass is 14.9. The van der Waals surface area contributed by atoms with Gasteiger partial charge < -0.3 is 0 Å². The predicted octanol–water partition coefficient (Wildman–Crippen LogP) is 3.57. The molecule has 0 aromatic heterocycles. The van der Waals surface area contributed by atoms with E-state index in [9.17, 15) is 0 Å². The Hall–Kier alpha value is -0.660. The topological polar surface area (TPSA) is 24.7 Å². The minimum atomic E-state index is 0.766. The SMILES string of the molecule is C=NC(C)=NCC.CC.CCC. The van der Waals surface area contributed by atoms with E-state index in [2.05, 4.69) is 30.5 Å². The molecule has 0 saturated carbocycles. The lowest BCUT2D eigenvalue weighted by molar-refractivity contribution is 1.09. The lowest BCUT2D eigenvalue weighted by atomic mass is 10.6. The van der Waals surface area contributed by atoms with E-state index < -0.39 is 0 Å². The van der Waals surface area contributed by atoms with Gasteiger partial charge in [0.05, 0.1) is 0 Å². The first kappa shape index (κ1) is 17.4. The highest BCUT2D eigenvalue weighted by Gasteiger charge is 1.73. The Morgan fingerprint density at radius 2 is 1.50 bits per heavy atom. The molecule has 0 unspecified atom stereocenters. The second kappa shape index (κ2) is 22.4. The molecular formula is C10H24N2. The molecule has 0 heterocycles. The molecule has 0 N–H and O–H groups in total. The summed E-state index contributed by atoms with van der Waals surface area (Å²) in [4.78, 5) is 7.51. The van der Waals surface area contributed by atoms with Gasteiger partial charge in [0.1, 0.15) is 5.84 Å². The largest absolute Gasteiger partial charge is 0.271 e. The molecule has 2 heteroatoms. The highest BCUT2D eigenvalue weighted by Crippen LogP contribution is 1.74. The van der Waals surface area contributed by atoms with E-state index in [1.165, 1.54) is 6.42 Å². The minimum absolute atomic E-state index is 0.766. The van der Waals surface area contributed by atoms with Crippen LogP contribution in [-0.2, 0) is 0 Å². The third-order valence-corrected chi connectivity index (χ3v) is 0.616. The summed E-state index contributed by atoms with van der Waals surface area (Å²) in [5.41, 5.74) is 0. The molecule has 0 aliphatic heterocycles. The number of hydrogen-bond acceptors (Lipinski definition) is 1. The molecular weight excluding hydrogens is 148 g/mol. The van der Waals surface area contributed by atoms with Gasteiger partial charge in [-0.25, -0.2) is 4.99 Å². The van der Waals surface area contributed by atoms with Crippen LogP contribution in [0.25, 0.3) is 0 Å². The molecule has 0 aliphatic rings. The van der Waals surface area contributed by atoms with E-state index in [1.807, 2.05) is 27.7 Å². The van der Waals surface area contributed by atoms with Gasteiger partial charge in [0.2, 0.25) is 0 Å². The van der Waals surface area contributed by atoms with Crippen LogP contribution in [0.5, 0.6) is 0 Å².